The Morgan fingerprint density at radius 2 is 2.47 bits per heavy atom. The lowest BCUT2D eigenvalue weighted by Crippen LogP contribution is -2.26. The zero-order chi connectivity index (χ0) is 13.7. The number of carboxylic acid groups (broad SMARTS) is 1. The number of rotatable bonds is 4. The second-order valence-electron chi connectivity index (χ2n) is 3.63. The summed E-state index contributed by atoms with van der Waals surface area (Å²) in [6, 6.07) is 3.58. The van der Waals surface area contributed by atoms with Gasteiger partial charge in [-0.1, -0.05) is 17.8 Å². The smallest absolute Gasteiger partial charge is 0.305 e. The summed E-state index contributed by atoms with van der Waals surface area (Å²) in [4.78, 5) is 25.9. The average Bonchev–Trinajstić information content (AvgIpc) is 2.70. The van der Waals surface area contributed by atoms with Gasteiger partial charge < -0.3 is 10.4 Å². The van der Waals surface area contributed by atoms with Crippen LogP contribution in [0.3, 0.4) is 0 Å². The van der Waals surface area contributed by atoms with E-state index in [0.717, 1.165) is 17.3 Å². The molecule has 2 rings (SSSR count). The fourth-order valence-electron chi connectivity index (χ4n) is 1.35. The average molecular weight is 278 g/mol. The van der Waals surface area contributed by atoms with Crippen molar-refractivity contribution in [2.75, 3.05) is 0 Å². The van der Waals surface area contributed by atoms with E-state index in [1.165, 1.54) is 6.21 Å². The SMILES string of the molecule is O=C(O)CC1S/C(=N/N=Cc2cccnc2)NC1=O. The van der Waals surface area contributed by atoms with Crippen molar-refractivity contribution in [3.8, 4) is 0 Å². The van der Waals surface area contributed by atoms with Gasteiger partial charge in [-0.3, -0.25) is 14.6 Å². The van der Waals surface area contributed by atoms with E-state index in [1.807, 2.05) is 6.07 Å². The molecule has 1 fully saturated rings. The molecule has 1 aliphatic heterocycles. The monoisotopic (exact) mass is 278 g/mol. The van der Waals surface area contributed by atoms with Gasteiger partial charge in [0.25, 0.3) is 0 Å². The first-order chi connectivity index (χ1) is 9.15. The van der Waals surface area contributed by atoms with Gasteiger partial charge in [-0.05, 0) is 6.07 Å². The number of carboxylic acids is 1. The maximum Gasteiger partial charge on any atom is 0.305 e. The number of amidine groups is 1. The van der Waals surface area contributed by atoms with Crippen LogP contribution in [0.25, 0.3) is 0 Å². The predicted octanol–water partition coefficient (Wildman–Crippen LogP) is 0.478. The van der Waals surface area contributed by atoms with Gasteiger partial charge in [-0.25, -0.2) is 0 Å². The van der Waals surface area contributed by atoms with Crippen molar-refractivity contribution in [3.63, 3.8) is 0 Å². The van der Waals surface area contributed by atoms with Crippen molar-refractivity contribution in [2.45, 2.75) is 11.7 Å². The van der Waals surface area contributed by atoms with Crippen LogP contribution in [0.2, 0.25) is 0 Å². The van der Waals surface area contributed by atoms with Crippen LogP contribution in [-0.2, 0) is 9.59 Å². The van der Waals surface area contributed by atoms with Crippen LogP contribution in [0.1, 0.15) is 12.0 Å². The number of thioether (sulfide) groups is 1. The van der Waals surface area contributed by atoms with Crippen molar-refractivity contribution < 1.29 is 14.7 Å². The quantitative estimate of drug-likeness (QED) is 0.615. The summed E-state index contributed by atoms with van der Waals surface area (Å²) in [6.45, 7) is 0. The van der Waals surface area contributed by atoms with Crippen molar-refractivity contribution >= 4 is 35.0 Å². The fourth-order valence-corrected chi connectivity index (χ4v) is 2.26. The number of carbonyl (C=O) groups is 2. The predicted molar refractivity (Wildman–Crippen MR) is 71.0 cm³/mol. The van der Waals surface area contributed by atoms with E-state index in [0.29, 0.717) is 5.17 Å². The van der Waals surface area contributed by atoms with Gasteiger partial charge in [0.05, 0.1) is 12.6 Å². The van der Waals surface area contributed by atoms with Crippen LogP contribution < -0.4 is 5.32 Å². The molecule has 1 aromatic heterocycles. The molecule has 8 heteroatoms. The summed E-state index contributed by atoms with van der Waals surface area (Å²) >= 11 is 1.06. The molecule has 0 aliphatic carbocycles. The Hall–Kier alpha value is -2.22. The van der Waals surface area contributed by atoms with Crippen molar-refractivity contribution in [1.82, 2.24) is 10.3 Å². The van der Waals surface area contributed by atoms with Crippen LogP contribution in [0.15, 0.2) is 34.7 Å². The molecular weight excluding hydrogens is 268 g/mol. The molecule has 0 spiro atoms. The first kappa shape index (κ1) is 13.2. The molecule has 1 aromatic rings. The molecule has 1 atom stereocenters. The topological polar surface area (TPSA) is 104 Å². The highest BCUT2D eigenvalue weighted by molar-refractivity contribution is 8.15. The number of aromatic nitrogens is 1. The molecule has 1 unspecified atom stereocenters. The van der Waals surface area contributed by atoms with Crippen LogP contribution in [0.5, 0.6) is 0 Å². The third kappa shape index (κ3) is 3.88. The van der Waals surface area contributed by atoms with Gasteiger partial charge >= 0.3 is 5.97 Å². The number of hydrogen-bond donors (Lipinski definition) is 2. The highest BCUT2D eigenvalue weighted by Crippen LogP contribution is 2.22. The first-order valence-electron chi connectivity index (χ1n) is 5.35. The van der Waals surface area contributed by atoms with E-state index in [1.54, 1.807) is 18.5 Å². The number of carbonyl (C=O) groups excluding carboxylic acids is 1. The Morgan fingerprint density at radius 1 is 1.63 bits per heavy atom. The lowest BCUT2D eigenvalue weighted by Gasteiger charge is -1.97. The van der Waals surface area contributed by atoms with E-state index < -0.39 is 11.2 Å². The summed E-state index contributed by atoms with van der Waals surface area (Å²) in [5, 5.41) is 18.4. The normalized spacial score (nSPS) is 20.9. The first-order valence-corrected chi connectivity index (χ1v) is 6.23. The zero-order valence-electron chi connectivity index (χ0n) is 9.68. The standard InChI is InChI=1S/C11H10N4O3S/c16-9(17)4-8-10(18)14-11(19-8)15-13-6-7-2-1-3-12-5-7/h1-3,5-6,8H,4H2,(H,16,17)(H,14,15,18). The molecule has 0 aromatic carbocycles. The molecule has 7 nitrogen and oxygen atoms in total. The third-order valence-electron chi connectivity index (χ3n) is 2.18. The van der Waals surface area contributed by atoms with Gasteiger partial charge in [0.2, 0.25) is 5.91 Å². The Labute approximate surface area is 112 Å². The van der Waals surface area contributed by atoms with Crippen LogP contribution in [0.4, 0.5) is 0 Å². The minimum atomic E-state index is -1.02. The Bertz CT molecular complexity index is 544. The van der Waals surface area contributed by atoms with Crippen molar-refractivity contribution in [2.24, 2.45) is 10.2 Å². The van der Waals surface area contributed by atoms with E-state index in [9.17, 15) is 9.59 Å². The highest BCUT2D eigenvalue weighted by Gasteiger charge is 2.32. The van der Waals surface area contributed by atoms with Gasteiger partial charge in [-0.15, -0.1) is 5.10 Å². The van der Waals surface area contributed by atoms with Crippen LogP contribution >= 0.6 is 11.8 Å². The largest absolute Gasteiger partial charge is 0.481 e. The third-order valence-corrected chi connectivity index (χ3v) is 3.25. The minimum Gasteiger partial charge on any atom is -0.481 e. The lowest BCUT2D eigenvalue weighted by molar-refractivity contribution is -0.138. The van der Waals surface area contributed by atoms with E-state index in [-0.39, 0.29) is 12.3 Å². The minimum absolute atomic E-state index is 0.234. The number of nitrogens with one attached hydrogen (secondary N) is 1. The summed E-state index contributed by atoms with van der Waals surface area (Å²) in [7, 11) is 0. The van der Waals surface area contributed by atoms with E-state index >= 15 is 0 Å². The van der Waals surface area contributed by atoms with E-state index in [4.69, 9.17) is 5.11 Å². The summed E-state index contributed by atoms with van der Waals surface area (Å²) in [5.74, 6) is -1.38. The number of aliphatic carboxylic acids is 1. The zero-order valence-corrected chi connectivity index (χ0v) is 10.5. The lowest BCUT2D eigenvalue weighted by atomic mass is 10.3. The molecule has 19 heavy (non-hydrogen) atoms. The molecule has 1 amide bonds. The summed E-state index contributed by atoms with van der Waals surface area (Å²) < 4.78 is 0. The molecule has 2 heterocycles. The Balaban J connectivity index is 1.96. The van der Waals surface area contributed by atoms with Gasteiger partial charge in [-0.2, -0.15) is 5.10 Å². The Morgan fingerprint density at radius 3 is 3.16 bits per heavy atom. The summed E-state index contributed by atoms with van der Waals surface area (Å²) in [6.07, 6.45) is 4.53. The maximum atomic E-state index is 11.4. The second-order valence-corrected chi connectivity index (χ2v) is 4.82. The van der Waals surface area contributed by atoms with Gasteiger partial charge in [0, 0.05) is 18.0 Å². The van der Waals surface area contributed by atoms with Gasteiger partial charge in [0.15, 0.2) is 5.17 Å². The van der Waals surface area contributed by atoms with Crippen molar-refractivity contribution in [1.29, 1.82) is 0 Å². The van der Waals surface area contributed by atoms with Gasteiger partial charge in [0.1, 0.15) is 5.25 Å². The highest BCUT2D eigenvalue weighted by atomic mass is 32.2. The summed E-state index contributed by atoms with van der Waals surface area (Å²) in [5.41, 5.74) is 0.781. The molecule has 2 N–H and O–H groups in total. The fraction of sp³-hybridized carbons (Fsp3) is 0.182. The molecule has 0 radical (unpaired) electrons. The molecule has 98 valence electrons. The molecular formula is C11H10N4O3S. The van der Waals surface area contributed by atoms with E-state index in [2.05, 4.69) is 20.5 Å². The molecule has 0 bridgehead atoms. The number of pyridine rings is 1. The number of nitrogens with zero attached hydrogens (tertiary/aromatic N) is 3. The van der Waals surface area contributed by atoms with Crippen molar-refractivity contribution in [3.05, 3.63) is 30.1 Å². The molecule has 0 saturated carbocycles. The Kier molecular flexibility index (Phi) is 4.24. The van der Waals surface area contributed by atoms with Crippen LogP contribution in [-0.4, -0.2) is 38.6 Å². The second kappa shape index (κ2) is 6.10. The number of hydrogen-bond acceptors (Lipinski definition) is 6. The maximum absolute atomic E-state index is 11.4. The molecule has 1 saturated heterocycles. The molecule has 1 aliphatic rings. The van der Waals surface area contributed by atoms with Crippen LogP contribution in [0, 0.1) is 0 Å². The number of amides is 1.